The highest BCUT2D eigenvalue weighted by molar-refractivity contribution is 7.75. The summed E-state index contributed by atoms with van der Waals surface area (Å²) in [5, 5.41) is 0. The molecule has 1 heterocycles. The molecule has 0 fully saturated rings. The number of allylic oxidation sites excluding steroid dienone is 2. The van der Waals surface area contributed by atoms with E-state index in [4.69, 9.17) is 0 Å². The van der Waals surface area contributed by atoms with Crippen molar-refractivity contribution >= 4 is 7.26 Å². The molecule has 0 aliphatic carbocycles. The smallest absolute Gasteiger partial charge is 0.0775 e. The predicted molar refractivity (Wildman–Crippen MR) is 42.3 cm³/mol. The van der Waals surface area contributed by atoms with Gasteiger partial charge in [-0.3, -0.25) is 0 Å². The van der Waals surface area contributed by atoms with E-state index in [1.807, 2.05) is 0 Å². The van der Waals surface area contributed by atoms with Crippen LogP contribution in [0.25, 0.3) is 0 Å². The average Bonchev–Trinajstić information content (AvgIpc) is 2.17. The highest BCUT2D eigenvalue weighted by Crippen LogP contribution is 2.57. The third-order valence-electron chi connectivity index (χ3n) is 2.02. The summed E-state index contributed by atoms with van der Waals surface area (Å²) in [5.74, 6) is 0. The largest absolute Gasteiger partial charge is 1.00 e. The normalized spacial score (nSPS) is 21.6. The molecule has 1 aliphatic rings. The molecule has 54 valence electrons. The van der Waals surface area contributed by atoms with E-state index >= 15 is 0 Å². The highest BCUT2D eigenvalue weighted by atomic mass is 79.9. The Balaban J connectivity index is 0.000000640. The van der Waals surface area contributed by atoms with Crippen LogP contribution in [0.4, 0.5) is 0 Å². The molecule has 0 aromatic rings. The lowest BCUT2D eigenvalue weighted by Gasteiger charge is -2.12. The van der Waals surface area contributed by atoms with Crippen molar-refractivity contribution in [2.24, 2.45) is 0 Å². The number of hydrogen-bond donors (Lipinski definition) is 0. The summed E-state index contributed by atoms with van der Waals surface area (Å²) in [6.45, 7) is 4.79. The monoisotopic (exact) mass is 208 g/mol. The summed E-state index contributed by atoms with van der Waals surface area (Å²) in [4.78, 5) is 0. The van der Waals surface area contributed by atoms with E-state index in [1.54, 1.807) is 0 Å². The summed E-state index contributed by atoms with van der Waals surface area (Å²) in [6.07, 6.45) is 8.93. The second kappa shape index (κ2) is 3.73. The maximum atomic E-state index is 2.47. The third kappa shape index (κ3) is 2.39. The first-order chi connectivity index (χ1) is 3.77. The topological polar surface area (TPSA) is 0 Å². The standard InChI is InChI=1S/C7H14P.BrH/c1-3-8(2)6-4-5-7-8;/h4-5H,3,6-7H2,1-2H3;1H/q+1;/p-1. The van der Waals surface area contributed by atoms with Crippen LogP contribution in [0.15, 0.2) is 12.2 Å². The zero-order valence-corrected chi connectivity index (χ0v) is 8.58. The Morgan fingerprint density at radius 2 is 1.78 bits per heavy atom. The van der Waals surface area contributed by atoms with Gasteiger partial charge in [0.1, 0.15) is 0 Å². The Hall–Kier alpha value is 0.650. The lowest BCUT2D eigenvalue weighted by atomic mass is 10.6. The zero-order valence-electron chi connectivity index (χ0n) is 6.10. The van der Waals surface area contributed by atoms with Crippen molar-refractivity contribution in [3.63, 3.8) is 0 Å². The SMILES string of the molecule is CC[P+]1(C)CC=CC1.[Br-]. The fraction of sp³-hybridized carbons (Fsp3) is 0.714. The van der Waals surface area contributed by atoms with Crippen molar-refractivity contribution in [3.05, 3.63) is 12.2 Å². The Morgan fingerprint density at radius 3 is 2.00 bits per heavy atom. The van der Waals surface area contributed by atoms with Crippen LogP contribution >= 0.6 is 7.26 Å². The lowest BCUT2D eigenvalue weighted by Crippen LogP contribution is -3.00. The molecule has 0 amide bonds. The Bertz CT molecular complexity index is 101. The van der Waals surface area contributed by atoms with Crippen molar-refractivity contribution in [1.29, 1.82) is 0 Å². The summed E-state index contributed by atoms with van der Waals surface area (Å²) in [5.41, 5.74) is 0. The van der Waals surface area contributed by atoms with E-state index in [1.165, 1.54) is 18.5 Å². The van der Waals surface area contributed by atoms with Crippen LogP contribution in [0.1, 0.15) is 6.92 Å². The summed E-state index contributed by atoms with van der Waals surface area (Å²) >= 11 is 0. The molecule has 0 spiro atoms. The Kier molecular flexibility index (Phi) is 4.00. The van der Waals surface area contributed by atoms with Crippen molar-refractivity contribution in [1.82, 2.24) is 0 Å². The van der Waals surface area contributed by atoms with Gasteiger partial charge < -0.3 is 17.0 Å². The van der Waals surface area contributed by atoms with Gasteiger partial charge in [-0.15, -0.1) is 0 Å². The minimum absolute atomic E-state index is 0. The summed E-state index contributed by atoms with van der Waals surface area (Å²) < 4.78 is 0. The maximum Gasteiger partial charge on any atom is 0.0775 e. The third-order valence-corrected chi connectivity index (χ3v) is 5.73. The molecule has 0 aromatic carbocycles. The molecule has 0 atom stereocenters. The van der Waals surface area contributed by atoms with Crippen LogP contribution in [0.2, 0.25) is 0 Å². The van der Waals surface area contributed by atoms with Gasteiger partial charge >= 0.3 is 0 Å². The molecule has 1 rings (SSSR count). The zero-order chi connectivity index (χ0) is 6.04. The summed E-state index contributed by atoms with van der Waals surface area (Å²) in [7, 11) is -0.412. The van der Waals surface area contributed by atoms with Crippen LogP contribution in [0.5, 0.6) is 0 Å². The predicted octanol–water partition coefficient (Wildman–Crippen LogP) is -0.772. The van der Waals surface area contributed by atoms with Gasteiger partial charge in [-0.2, -0.15) is 0 Å². The van der Waals surface area contributed by atoms with Gasteiger partial charge in [0, 0.05) is 13.9 Å². The molecule has 0 saturated carbocycles. The minimum Gasteiger partial charge on any atom is -1.00 e. The van der Waals surface area contributed by atoms with Gasteiger partial charge in [0.2, 0.25) is 0 Å². The molecule has 9 heavy (non-hydrogen) atoms. The minimum atomic E-state index is -0.412. The van der Waals surface area contributed by atoms with E-state index in [2.05, 4.69) is 25.7 Å². The molecule has 0 radical (unpaired) electrons. The number of halogens is 1. The van der Waals surface area contributed by atoms with Crippen LogP contribution in [-0.2, 0) is 0 Å². The van der Waals surface area contributed by atoms with Gasteiger partial charge in [-0.25, -0.2) is 0 Å². The van der Waals surface area contributed by atoms with E-state index in [0.29, 0.717) is 0 Å². The maximum absolute atomic E-state index is 2.47. The molecular weight excluding hydrogens is 195 g/mol. The molecule has 0 nitrogen and oxygen atoms in total. The Morgan fingerprint density at radius 1 is 1.33 bits per heavy atom. The van der Waals surface area contributed by atoms with Gasteiger partial charge in [-0.1, -0.05) is 0 Å². The van der Waals surface area contributed by atoms with Crippen molar-refractivity contribution < 1.29 is 17.0 Å². The second-order valence-electron chi connectivity index (χ2n) is 2.77. The van der Waals surface area contributed by atoms with Gasteiger partial charge in [0.25, 0.3) is 0 Å². The fourth-order valence-corrected chi connectivity index (χ4v) is 2.97. The number of hydrogen-bond acceptors (Lipinski definition) is 0. The van der Waals surface area contributed by atoms with Crippen LogP contribution in [-0.4, -0.2) is 25.2 Å². The molecule has 1 aliphatic heterocycles. The first kappa shape index (κ1) is 9.65. The van der Waals surface area contributed by atoms with Crippen LogP contribution < -0.4 is 17.0 Å². The first-order valence-electron chi connectivity index (χ1n) is 3.25. The van der Waals surface area contributed by atoms with E-state index in [0.717, 1.165) is 0 Å². The molecule has 0 bridgehead atoms. The summed E-state index contributed by atoms with van der Waals surface area (Å²) in [6, 6.07) is 0. The first-order valence-corrected chi connectivity index (χ1v) is 6.04. The van der Waals surface area contributed by atoms with Crippen LogP contribution in [0.3, 0.4) is 0 Å². The van der Waals surface area contributed by atoms with Gasteiger partial charge in [-0.05, 0) is 19.1 Å². The molecule has 2 heteroatoms. The molecule has 0 N–H and O–H groups in total. The molecule has 0 unspecified atom stereocenters. The fourth-order valence-electron chi connectivity index (χ4n) is 0.991. The van der Waals surface area contributed by atoms with Crippen molar-refractivity contribution in [2.75, 3.05) is 25.2 Å². The van der Waals surface area contributed by atoms with E-state index < -0.39 is 7.26 Å². The van der Waals surface area contributed by atoms with Crippen molar-refractivity contribution in [2.45, 2.75) is 6.92 Å². The molecular formula is C7H14BrP. The molecule has 0 saturated heterocycles. The highest BCUT2D eigenvalue weighted by Gasteiger charge is 2.29. The van der Waals surface area contributed by atoms with Gasteiger partial charge in [0.05, 0.1) is 18.5 Å². The van der Waals surface area contributed by atoms with Crippen molar-refractivity contribution in [3.8, 4) is 0 Å². The van der Waals surface area contributed by atoms with E-state index in [9.17, 15) is 0 Å². The average molecular weight is 209 g/mol. The quantitative estimate of drug-likeness (QED) is 0.393. The Labute approximate surface area is 68.8 Å². The van der Waals surface area contributed by atoms with Gasteiger partial charge in [0.15, 0.2) is 0 Å². The van der Waals surface area contributed by atoms with E-state index in [-0.39, 0.29) is 17.0 Å². The van der Waals surface area contributed by atoms with Crippen LogP contribution in [0, 0.1) is 0 Å². The molecule has 0 aromatic heterocycles. The lowest BCUT2D eigenvalue weighted by molar-refractivity contribution is -0.00000186. The second-order valence-corrected chi connectivity index (χ2v) is 7.37. The number of rotatable bonds is 1.